The van der Waals surface area contributed by atoms with Gasteiger partial charge >= 0.3 is 0 Å². The summed E-state index contributed by atoms with van der Waals surface area (Å²) in [6.07, 6.45) is 3.49. The molecule has 0 radical (unpaired) electrons. The Morgan fingerprint density at radius 3 is 2.26 bits per heavy atom. The van der Waals surface area contributed by atoms with Crippen molar-refractivity contribution >= 4 is 27.5 Å². The lowest BCUT2D eigenvalue weighted by molar-refractivity contribution is -0.141. The summed E-state index contributed by atoms with van der Waals surface area (Å²) in [4.78, 5) is 28.9. The van der Waals surface area contributed by atoms with Gasteiger partial charge in [0.05, 0.1) is 11.9 Å². The maximum Gasteiger partial charge on any atom is 0.243 e. The predicted molar refractivity (Wildman–Crippen MR) is 166 cm³/mol. The Kier molecular flexibility index (Phi) is 12.1. The van der Waals surface area contributed by atoms with Crippen LogP contribution in [0.15, 0.2) is 72.8 Å². The first kappa shape index (κ1) is 32.8. The summed E-state index contributed by atoms with van der Waals surface area (Å²) in [5.41, 5.74) is 3.94. The molecule has 0 unspecified atom stereocenters. The molecule has 0 aliphatic heterocycles. The molecule has 0 aliphatic carbocycles. The van der Waals surface area contributed by atoms with Crippen LogP contribution >= 0.6 is 0 Å². The second kappa shape index (κ2) is 15.5. The van der Waals surface area contributed by atoms with Crippen LogP contribution in [0.3, 0.4) is 0 Å². The van der Waals surface area contributed by atoms with Gasteiger partial charge in [0.25, 0.3) is 0 Å². The molecule has 0 saturated carbocycles. The lowest BCUT2D eigenvalue weighted by Gasteiger charge is -2.32. The van der Waals surface area contributed by atoms with Crippen molar-refractivity contribution in [2.75, 3.05) is 23.7 Å². The fourth-order valence-corrected chi connectivity index (χ4v) is 5.83. The Morgan fingerprint density at radius 2 is 1.62 bits per heavy atom. The summed E-state index contributed by atoms with van der Waals surface area (Å²) in [7, 11) is -3.60. The SMILES string of the molecule is CCCCNC(=O)[C@@H](Cc1ccccc1)N(Cc1ccc(F)cc1)C(=O)CCCN(c1cc(C)ccc1C)S(C)(=O)=O. The van der Waals surface area contributed by atoms with Crippen LogP contribution in [0.4, 0.5) is 10.1 Å². The molecule has 0 aromatic heterocycles. The second-order valence-corrected chi connectivity index (χ2v) is 12.6. The van der Waals surface area contributed by atoms with Crippen molar-refractivity contribution in [3.05, 3.63) is 101 Å². The number of amides is 2. The zero-order valence-corrected chi connectivity index (χ0v) is 25.8. The van der Waals surface area contributed by atoms with Crippen LogP contribution < -0.4 is 9.62 Å². The molecule has 7 nitrogen and oxygen atoms in total. The molecular formula is C33H42FN3O4S. The number of hydrogen-bond acceptors (Lipinski definition) is 4. The topological polar surface area (TPSA) is 86.8 Å². The lowest BCUT2D eigenvalue weighted by atomic mass is 10.0. The zero-order chi connectivity index (χ0) is 30.7. The summed E-state index contributed by atoms with van der Waals surface area (Å²) in [5, 5.41) is 2.98. The summed E-state index contributed by atoms with van der Waals surface area (Å²) < 4.78 is 40.5. The fourth-order valence-electron chi connectivity index (χ4n) is 4.82. The average molecular weight is 596 g/mol. The normalized spacial score (nSPS) is 12.0. The molecule has 3 rings (SSSR count). The standard InChI is InChI=1S/C33H42FN3O4S/c1-5-6-20-35-33(39)31(23-27-11-8-7-9-12-27)36(24-28-16-18-29(34)19-17-28)32(38)13-10-21-37(42(4,40)41)30-22-25(2)14-15-26(30)3/h7-9,11-12,14-19,22,31H,5-6,10,13,20-21,23-24H2,1-4H3,(H,35,39)/t31-/m1/s1. The number of aryl methyl sites for hydroxylation is 2. The van der Waals surface area contributed by atoms with Gasteiger partial charge in [-0.05, 0) is 67.1 Å². The highest BCUT2D eigenvalue weighted by Gasteiger charge is 2.30. The Morgan fingerprint density at radius 1 is 0.929 bits per heavy atom. The van der Waals surface area contributed by atoms with E-state index in [0.717, 1.165) is 35.8 Å². The monoisotopic (exact) mass is 595 g/mol. The van der Waals surface area contributed by atoms with E-state index in [0.29, 0.717) is 24.2 Å². The van der Waals surface area contributed by atoms with Crippen molar-refractivity contribution in [1.29, 1.82) is 0 Å². The summed E-state index contributed by atoms with van der Waals surface area (Å²) in [6.45, 7) is 6.52. The number of sulfonamides is 1. The second-order valence-electron chi connectivity index (χ2n) is 10.7. The molecule has 0 aliphatic rings. The van der Waals surface area contributed by atoms with E-state index in [4.69, 9.17) is 0 Å². The molecule has 3 aromatic rings. The number of rotatable bonds is 15. The number of anilines is 1. The van der Waals surface area contributed by atoms with Crippen molar-refractivity contribution in [3.8, 4) is 0 Å². The Hall–Kier alpha value is -3.72. The van der Waals surface area contributed by atoms with Gasteiger partial charge in [0.2, 0.25) is 21.8 Å². The molecule has 0 saturated heterocycles. The molecule has 0 bridgehead atoms. The maximum absolute atomic E-state index is 13.9. The minimum absolute atomic E-state index is 0.0333. The molecule has 3 aromatic carbocycles. The lowest BCUT2D eigenvalue weighted by Crippen LogP contribution is -2.50. The van der Waals surface area contributed by atoms with Gasteiger partial charge in [-0.1, -0.05) is 67.9 Å². The zero-order valence-electron chi connectivity index (χ0n) is 25.0. The highest BCUT2D eigenvalue weighted by Crippen LogP contribution is 2.25. The van der Waals surface area contributed by atoms with E-state index in [1.54, 1.807) is 17.0 Å². The van der Waals surface area contributed by atoms with Gasteiger partial charge < -0.3 is 10.2 Å². The molecule has 1 atom stereocenters. The van der Waals surface area contributed by atoms with Gasteiger partial charge in [0.1, 0.15) is 11.9 Å². The minimum atomic E-state index is -3.60. The summed E-state index contributed by atoms with van der Waals surface area (Å²) in [6, 6.07) is 20.2. The largest absolute Gasteiger partial charge is 0.354 e. The summed E-state index contributed by atoms with van der Waals surface area (Å²) >= 11 is 0. The molecule has 0 heterocycles. The average Bonchev–Trinajstić information content (AvgIpc) is 2.95. The third kappa shape index (κ3) is 9.69. The molecule has 226 valence electrons. The molecule has 1 N–H and O–H groups in total. The van der Waals surface area contributed by atoms with Gasteiger partial charge in [-0.15, -0.1) is 0 Å². The van der Waals surface area contributed by atoms with Crippen LogP contribution in [-0.2, 0) is 32.6 Å². The molecule has 42 heavy (non-hydrogen) atoms. The van der Waals surface area contributed by atoms with Crippen molar-refractivity contribution in [2.45, 2.75) is 65.5 Å². The van der Waals surface area contributed by atoms with Crippen molar-refractivity contribution in [3.63, 3.8) is 0 Å². The first-order valence-corrected chi connectivity index (χ1v) is 16.2. The van der Waals surface area contributed by atoms with E-state index in [1.807, 2.05) is 69.3 Å². The number of nitrogens with zero attached hydrogens (tertiary/aromatic N) is 2. The fraction of sp³-hybridized carbons (Fsp3) is 0.394. The highest BCUT2D eigenvalue weighted by molar-refractivity contribution is 7.92. The van der Waals surface area contributed by atoms with Gasteiger partial charge in [0.15, 0.2) is 0 Å². The summed E-state index contributed by atoms with van der Waals surface area (Å²) in [5.74, 6) is -0.918. The molecule has 9 heteroatoms. The number of carbonyl (C=O) groups excluding carboxylic acids is 2. The first-order chi connectivity index (χ1) is 20.0. The first-order valence-electron chi connectivity index (χ1n) is 14.4. The van der Waals surface area contributed by atoms with E-state index in [2.05, 4.69) is 5.32 Å². The Labute approximate surface area is 249 Å². The van der Waals surface area contributed by atoms with Crippen molar-refractivity contribution in [1.82, 2.24) is 10.2 Å². The predicted octanol–water partition coefficient (Wildman–Crippen LogP) is 5.55. The van der Waals surface area contributed by atoms with Crippen LogP contribution in [0.5, 0.6) is 0 Å². The number of halogens is 1. The number of unbranched alkanes of at least 4 members (excludes halogenated alkanes) is 1. The molecule has 2 amide bonds. The van der Waals surface area contributed by atoms with Crippen LogP contribution in [0.25, 0.3) is 0 Å². The quantitative estimate of drug-likeness (QED) is 0.234. The van der Waals surface area contributed by atoms with Crippen LogP contribution in [0.2, 0.25) is 0 Å². The van der Waals surface area contributed by atoms with E-state index in [9.17, 15) is 22.4 Å². The van der Waals surface area contributed by atoms with Crippen LogP contribution in [-0.4, -0.2) is 50.5 Å². The highest BCUT2D eigenvalue weighted by atomic mass is 32.2. The number of benzene rings is 3. The smallest absolute Gasteiger partial charge is 0.243 e. The van der Waals surface area contributed by atoms with Gasteiger partial charge in [0, 0.05) is 32.5 Å². The molecule has 0 spiro atoms. The van der Waals surface area contributed by atoms with E-state index in [-0.39, 0.29) is 43.6 Å². The number of carbonyl (C=O) groups is 2. The molecule has 0 fully saturated rings. The van der Waals surface area contributed by atoms with Crippen molar-refractivity contribution in [2.24, 2.45) is 0 Å². The third-order valence-electron chi connectivity index (χ3n) is 7.15. The maximum atomic E-state index is 13.9. The van der Waals surface area contributed by atoms with E-state index in [1.165, 1.54) is 16.4 Å². The van der Waals surface area contributed by atoms with E-state index < -0.39 is 16.1 Å². The van der Waals surface area contributed by atoms with Crippen molar-refractivity contribution < 1.29 is 22.4 Å². The van der Waals surface area contributed by atoms with Crippen LogP contribution in [0.1, 0.15) is 54.9 Å². The number of nitrogens with one attached hydrogen (secondary N) is 1. The molecular weight excluding hydrogens is 553 g/mol. The number of hydrogen-bond donors (Lipinski definition) is 1. The Bertz CT molecular complexity index is 1430. The van der Waals surface area contributed by atoms with Gasteiger partial charge in [-0.3, -0.25) is 13.9 Å². The van der Waals surface area contributed by atoms with Gasteiger partial charge in [-0.2, -0.15) is 0 Å². The minimum Gasteiger partial charge on any atom is -0.354 e. The van der Waals surface area contributed by atoms with Crippen LogP contribution in [0, 0.1) is 19.7 Å². The third-order valence-corrected chi connectivity index (χ3v) is 8.33. The van der Waals surface area contributed by atoms with E-state index >= 15 is 0 Å². The van der Waals surface area contributed by atoms with Gasteiger partial charge in [-0.25, -0.2) is 12.8 Å². The Balaban J connectivity index is 1.88.